The summed E-state index contributed by atoms with van der Waals surface area (Å²) in [5.41, 5.74) is 43.5. The second-order valence-corrected chi connectivity index (χ2v) is 49.4. The second kappa shape index (κ2) is 28.5. The fraction of sp³-hybridized carbons (Fsp3) is 0.451. The third-order valence-electron chi connectivity index (χ3n) is 23.6. The van der Waals surface area contributed by atoms with E-state index in [4.69, 9.17) is 4.74 Å². The van der Waals surface area contributed by atoms with Crippen molar-refractivity contribution in [2.45, 2.75) is 293 Å². The normalized spacial score (nSPS) is 16.8. The molecule has 0 aromatic heterocycles. The minimum absolute atomic E-state index is 0.0174. The van der Waals surface area contributed by atoms with E-state index in [-0.39, 0.29) is 43.3 Å². The lowest BCUT2D eigenvalue weighted by Gasteiger charge is -2.40. The minimum Gasteiger partial charge on any atom is -0.496 e. The van der Waals surface area contributed by atoms with Gasteiger partial charge in [0, 0.05) is 31.0 Å². The molecule has 3 heteroatoms. The minimum atomic E-state index is -2.16. The Kier molecular flexibility index (Phi) is 21.9. The summed E-state index contributed by atoms with van der Waals surface area (Å²) in [4.78, 5) is 0. The standard InChI is InChI=1S/C51H66OSi.C28H38.C23H30Si/c1-31-23-39-38(34-25-35(48(3,4)5)27-36(26-34)49(6,7)8)28-37(50(9,10)11)29-41(39)46(31)53(16,17)47-32(2)24-40-42(47)30-43(51(12,13)14)45(52-15)44(40)33-21-19-18-20-22-33;1-18-11-19-13-23(28(8,9)10)17-25(24(19)12-18)20-14-21(26(2,3)4)16-22(15-20)27(5,6)7;1-15-13-18-19(22(15)24(6)7)14-20(23(3,4)5)16(2)21(18)17-11-9-8-10-12-17/h18-30,46-47H,1-17H3;11,13-17H,12H2,1-10H3;8-14,22,24H,1-7H3. The van der Waals surface area contributed by atoms with Gasteiger partial charge < -0.3 is 4.74 Å². The van der Waals surface area contributed by atoms with E-state index in [9.17, 15) is 0 Å². The average Bonchev–Trinajstić information content (AvgIpc) is 1.57. The number of rotatable bonds is 8. The van der Waals surface area contributed by atoms with Crippen LogP contribution in [0.1, 0.15) is 305 Å². The molecule has 105 heavy (non-hydrogen) atoms. The highest BCUT2D eigenvalue weighted by Crippen LogP contribution is 2.58. The molecular formula is C102H134OSi2. The second-order valence-electron chi connectivity index (χ2n) is 41.5. The van der Waals surface area contributed by atoms with Gasteiger partial charge in [-0.1, -0.05) is 372 Å². The number of benzene rings is 8. The maximum Gasteiger partial charge on any atom is 0.131 e. The molecule has 556 valence electrons. The molecule has 0 aliphatic heterocycles. The van der Waals surface area contributed by atoms with Crippen LogP contribution in [0.5, 0.6) is 5.75 Å². The van der Waals surface area contributed by atoms with E-state index in [2.05, 4.69) is 385 Å². The molecule has 0 saturated heterocycles. The molecule has 0 heterocycles. The van der Waals surface area contributed by atoms with E-state index in [1.807, 2.05) is 7.11 Å². The van der Waals surface area contributed by atoms with Crippen LogP contribution >= 0.6 is 0 Å². The predicted molar refractivity (Wildman–Crippen MR) is 471 cm³/mol. The van der Waals surface area contributed by atoms with Crippen LogP contribution in [-0.2, 0) is 49.7 Å². The van der Waals surface area contributed by atoms with Gasteiger partial charge in [-0.25, -0.2) is 0 Å². The van der Waals surface area contributed by atoms with Gasteiger partial charge in [-0.3, -0.25) is 0 Å². The van der Waals surface area contributed by atoms with E-state index in [0.717, 1.165) is 12.2 Å². The fourth-order valence-electron chi connectivity index (χ4n) is 17.8. The molecule has 0 N–H and O–H groups in total. The Morgan fingerprint density at radius 1 is 0.362 bits per heavy atom. The maximum atomic E-state index is 6.33. The molecule has 3 unspecified atom stereocenters. The molecule has 0 fully saturated rings. The van der Waals surface area contributed by atoms with Gasteiger partial charge in [-0.2, -0.15) is 0 Å². The average molecular weight is 1430 g/mol. The molecule has 0 radical (unpaired) electrons. The van der Waals surface area contributed by atoms with Crippen molar-refractivity contribution in [3.8, 4) is 50.3 Å². The van der Waals surface area contributed by atoms with Crippen molar-refractivity contribution in [1.29, 1.82) is 0 Å². The molecule has 12 rings (SSSR count). The third-order valence-corrected chi connectivity index (χ3v) is 30.4. The summed E-state index contributed by atoms with van der Waals surface area (Å²) < 4.78 is 6.33. The summed E-state index contributed by atoms with van der Waals surface area (Å²) >= 11 is 0. The largest absolute Gasteiger partial charge is 0.496 e. The molecule has 0 spiro atoms. The highest BCUT2D eigenvalue weighted by molar-refractivity contribution is 6.81. The van der Waals surface area contributed by atoms with Crippen molar-refractivity contribution in [3.05, 3.63) is 250 Å². The van der Waals surface area contributed by atoms with Crippen LogP contribution in [0.4, 0.5) is 0 Å². The van der Waals surface area contributed by atoms with Crippen molar-refractivity contribution in [3.63, 3.8) is 0 Å². The number of hydrogen-bond acceptors (Lipinski definition) is 1. The molecule has 0 amide bonds. The lowest BCUT2D eigenvalue weighted by molar-refractivity contribution is 0.399. The highest BCUT2D eigenvalue weighted by Gasteiger charge is 2.49. The smallest absolute Gasteiger partial charge is 0.131 e. The Bertz CT molecular complexity index is 4690. The first kappa shape index (κ1) is 80.5. The summed E-state index contributed by atoms with van der Waals surface area (Å²) in [5, 5.41) is 0. The zero-order chi connectivity index (χ0) is 77.9. The number of allylic oxidation sites excluding steroid dienone is 4. The van der Waals surface area contributed by atoms with E-state index >= 15 is 0 Å². The van der Waals surface area contributed by atoms with E-state index in [1.165, 1.54) is 150 Å². The van der Waals surface area contributed by atoms with Crippen molar-refractivity contribution in [2.24, 2.45) is 0 Å². The Morgan fingerprint density at radius 2 is 0.733 bits per heavy atom. The maximum absolute atomic E-state index is 6.33. The first-order valence-corrected chi connectivity index (χ1v) is 45.8. The molecular weight excluding hydrogens is 1300 g/mol. The molecule has 3 atom stereocenters. The van der Waals surface area contributed by atoms with Crippen LogP contribution in [0.15, 0.2) is 156 Å². The van der Waals surface area contributed by atoms with Gasteiger partial charge in [0.25, 0.3) is 0 Å². The summed E-state index contributed by atoms with van der Waals surface area (Å²) in [7, 11) is -1.11. The zero-order valence-electron chi connectivity index (χ0n) is 71.9. The van der Waals surface area contributed by atoms with Crippen LogP contribution in [-0.4, -0.2) is 24.0 Å². The van der Waals surface area contributed by atoms with E-state index < -0.39 is 16.9 Å². The van der Waals surface area contributed by atoms with Gasteiger partial charge in [0.05, 0.1) is 15.2 Å². The van der Waals surface area contributed by atoms with Crippen molar-refractivity contribution >= 4 is 41.2 Å². The lowest BCUT2D eigenvalue weighted by atomic mass is 9.77. The van der Waals surface area contributed by atoms with Crippen LogP contribution in [0.2, 0.25) is 26.2 Å². The van der Waals surface area contributed by atoms with Gasteiger partial charge in [-0.15, -0.1) is 0 Å². The van der Waals surface area contributed by atoms with Gasteiger partial charge in [0.2, 0.25) is 0 Å². The molecule has 8 aromatic carbocycles. The Labute approximate surface area is 642 Å². The topological polar surface area (TPSA) is 9.23 Å². The Balaban J connectivity index is 0.000000189. The van der Waals surface area contributed by atoms with Crippen LogP contribution < -0.4 is 4.74 Å². The van der Waals surface area contributed by atoms with Crippen molar-refractivity contribution in [2.75, 3.05) is 7.11 Å². The SMILES string of the molecule is CC1=Cc2c(cc(C(C)(C)C)c(C)c2-c2ccccc2)C1[SiH](C)C.CC1=Cc2cc(C(C)(C)C)cc(-c3cc(C(C)(C)C)cc(C(C)(C)C)c3)c2C1.COc1c(C(C)(C)C)cc2c(c1-c1ccccc1)C=C(C)C2[Si](C)(C)C1C(C)=Cc2c(-c3cc(C(C)(C)C)cc(C(C)(C)C)c3)cc(C(C)(C)C)cc21. The monoisotopic (exact) mass is 1430 g/mol. The van der Waals surface area contributed by atoms with Crippen LogP contribution in [0.25, 0.3) is 68.8 Å². The van der Waals surface area contributed by atoms with Crippen LogP contribution in [0, 0.1) is 6.92 Å². The first-order valence-electron chi connectivity index (χ1n) is 39.7. The quantitative estimate of drug-likeness (QED) is 0.138. The summed E-state index contributed by atoms with van der Waals surface area (Å²) in [6.07, 6.45) is 11.0. The van der Waals surface area contributed by atoms with E-state index in [0.29, 0.717) is 16.6 Å². The van der Waals surface area contributed by atoms with Crippen molar-refractivity contribution in [1.82, 2.24) is 0 Å². The zero-order valence-corrected chi connectivity index (χ0v) is 74.1. The third kappa shape index (κ3) is 16.4. The van der Waals surface area contributed by atoms with Crippen LogP contribution in [0.3, 0.4) is 0 Å². The van der Waals surface area contributed by atoms with Crippen molar-refractivity contribution < 1.29 is 4.74 Å². The van der Waals surface area contributed by atoms with E-state index in [1.54, 1.807) is 11.1 Å². The number of methoxy groups -OCH3 is 1. The first-order chi connectivity index (χ1) is 48.2. The Hall–Kier alpha value is -7.05. The molecule has 0 bridgehead atoms. The molecule has 8 aromatic rings. The summed E-state index contributed by atoms with van der Waals surface area (Å²) in [6, 6.07) is 51.6. The van der Waals surface area contributed by atoms with Gasteiger partial charge in [-0.05, 0) is 218 Å². The number of hydrogen-bond donors (Lipinski definition) is 0. The summed E-state index contributed by atoms with van der Waals surface area (Å²) in [5.74, 6) is 1.01. The fourth-order valence-corrected chi connectivity index (χ4v) is 24.9. The Morgan fingerprint density at radius 3 is 1.16 bits per heavy atom. The van der Waals surface area contributed by atoms with Gasteiger partial charge >= 0.3 is 0 Å². The number of fused-ring (bicyclic) bond motifs is 4. The van der Waals surface area contributed by atoms with Gasteiger partial charge in [0.1, 0.15) is 5.75 Å². The molecule has 4 aliphatic carbocycles. The summed E-state index contributed by atoms with van der Waals surface area (Å²) in [6.45, 7) is 78.1. The lowest BCUT2D eigenvalue weighted by Crippen LogP contribution is -2.42. The molecule has 4 aliphatic rings. The number of ether oxygens (including phenoxy) is 1. The van der Waals surface area contributed by atoms with Gasteiger partial charge in [0.15, 0.2) is 0 Å². The molecule has 1 nitrogen and oxygen atoms in total. The molecule has 0 saturated carbocycles. The predicted octanol–water partition coefficient (Wildman–Crippen LogP) is 29.4. The highest BCUT2D eigenvalue weighted by atomic mass is 28.3.